The summed E-state index contributed by atoms with van der Waals surface area (Å²) in [5.74, 6) is -0.226. The van der Waals surface area contributed by atoms with Gasteiger partial charge in [-0.2, -0.15) is 4.31 Å². The third-order valence-electron chi connectivity index (χ3n) is 5.51. The molecule has 3 aromatic rings. The van der Waals surface area contributed by atoms with Crippen molar-refractivity contribution < 1.29 is 22.4 Å². The molecule has 2 heterocycles. The van der Waals surface area contributed by atoms with E-state index < -0.39 is 15.9 Å². The van der Waals surface area contributed by atoms with E-state index in [-0.39, 0.29) is 17.3 Å². The number of carbonyl (C=O) groups excluding carboxylic acids is 1. The lowest BCUT2D eigenvalue weighted by molar-refractivity contribution is 0.0992. The number of para-hydroxylation sites is 1. The molecule has 2 aromatic carbocycles. The van der Waals surface area contributed by atoms with Gasteiger partial charge in [0.25, 0.3) is 5.91 Å². The number of nitrogens with zero attached hydrogens (tertiary/aromatic N) is 1. The maximum Gasteiger partial charge on any atom is 0.291 e. The van der Waals surface area contributed by atoms with Gasteiger partial charge in [-0.25, -0.2) is 8.42 Å². The van der Waals surface area contributed by atoms with Crippen molar-refractivity contribution in [2.75, 3.05) is 25.5 Å². The molecule has 1 aliphatic rings. The molecule has 1 N–H and O–H groups in total. The standard InChI is InChI=1S/C23H26N2O5S/c1-29-16-20-19-8-4-5-9-21(19)30-22(20)23(26)24-17-10-12-18(13-11-17)31(27,28)25-14-6-2-3-7-15-25/h4-5,8-13H,2-3,6-7,14-16H2,1H3,(H,24,26). The van der Waals surface area contributed by atoms with Crippen molar-refractivity contribution >= 4 is 32.6 Å². The van der Waals surface area contributed by atoms with Gasteiger partial charge in [-0.1, -0.05) is 31.0 Å². The molecule has 4 rings (SSSR count). The van der Waals surface area contributed by atoms with Gasteiger partial charge in [-0.15, -0.1) is 0 Å². The summed E-state index contributed by atoms with van der Waals surface area (Å²) in [6.07, 6.45) is 3.89. The SMILES string of the molecule is COCc1c(C(=O)Nc2ccc(S(=O)(=O)N3CCCCCC3)cc2)oc2ccccc12. The van der Waals surface area contributed by atoms with E-state index in [9.17, 15) is 13.2 Å². The summed E-state index contributed by atoms with van der Waals surface area (Å²) in [5.41, 5.74) is 1.78. The van der Waals surface area contributed by atoms with Crippen molar-refractivity contribution in [3.63, 3.8) is 0 Å². The molecule has 1 fully saturated rings. The minimum absolute atomic E-state index is 0.185. The average Bonchev–Trinajstić information content (AvgIpc) is 2.94. The van der Waals surface area contributed by atoms with E-state index >= 15 is 0 Å². The number of anilines is 1. The maximum atomic E-state index is 12.9. The average molecular weight is 443 g/mol. The first kappa shape index (κ1) is 21.5. The highest BCUT2D eigenvalue weighted by atomic mass is 32.2. The number of rotatable bonds is 6. The zero-order valence-electron chi connectivity index (χ0n) is 17.5. The van der Waals surface area contributed by atoms with Crippen molar-refractivity contribution in [1.82, 2.24) is 4.31 Å². The monoisotopic (exact) mass is 442 g/mol. The van der Waals surface area contributed by atoms with E-state index in [4.69, 9.17) is 9.15 Å². The Balaban J connectivity index is 1.53. The van der Waals surface area contributed by atoms with Crippen LogP contribution in [0.5, 0.6) is 0 Å². The van der Waals surface area contributed by atoms with Gasteiger partial charge in [0.05, 0.1) is 11.5 Å². The molecule has 1 saturated heterocycles. The third-order valence-corrected chi connectivity index (χ3v) is 7.42. The van der Waals surface area contributed by atoms with Crippen molar-refractivity contribution in [2.45, 2.75) is 37.2 Å². The third kappa shape index (κ3) is 4.51. The second kappa shape index (κ2) is 9.21. The van der Waals surface area contributed by atoms with Crippen molar-refractivity contribution in [3.8, 4) is 0 Å². The largest absolute Gasteiger partial charge is 0.451 e. The molecule has 0 saturated carbocycles. The van der Waals surface area contributed by atoms with Gasteiger partial charge in [-0.3, -0.25) is 4.79 Å². The van der Waals surface area contributed by atoms with Gasteiger partial charge in [0.1, 0.15) is 5.58 Å². The predicted octanol–water partition coefficient (Wildman–Crippen LogP) is 4.40. The first-order chi connectivity index (χ1) is 15.0. The summed E-state index contributed by atoms with van der Waals surface area (Å²) in [4.78, 5) is 13.1. The summed E-state index contributed by atoms with van der Waals surface area (Å²) >= 11 is 0. The topological polar surface area (TPSA) is 88.8 Å². The minimum atomic E-state index is -3.53. The molecule has 0 bridgehead atoms. The molecular formula is C23H26N2O5S. The lowest BCUT2D eigenvalue weighted by atomic mass is 10.1. The number of amides is 1. The smallest absolute Gasteiger partial charge is 0.291 e. The molecule has 1 amide bonds. The molecule has 7 nitrogen and oxygen atoms in total. The van der Waals surface area contributed by atoms with Crippen molar-refractivity contribution in [3.05, 3.63) is 59.9 Å². The van der Waals surface area contributed by atoms with Crippen LogP contribution < -0.4 is 5.32 Å². The van der Waals surface area contributed by atoms with Crippen LogP contribution in [0.3, 0.4) is 0 Å². The highest BCUT2D eigenvalue weighted by molar-refractivity contribution is 7.89. The Morgan fingerprint density at radius 1 is 1.03 bits per heavy atom. The Kier molecular flexibility index (Phi) is 6.41. The number of benzene rings is 2. The lowest BCUT2D eigenvalue weighted by Gasteiger charge is -2.20. The molecule has 31 heavy (non-hydrogen) atoms. The van der Waals surface area contributed by atoms with E-state index in [2.05, 4.69) is 5.32 Å². The van der Waals surface area contributed by atoms with Crippen LogP contribution in [0, 0.1) is 0 Å². The van der Waals surface area contributed by atoms with Gasteiger partial charge >= 0.3 is 0 Å². The van der Waals surface area contributed by atoms with Gasteiger partial charge < -0.3 is 14.5 Å². The van der Waals surface area contributed by atoms with Gasteiger partial charge in [0, 0.05) is 36.8 Å². The first-order valence-electron chi connectivity index (χ1n) is 10.4. The second-order valence-corrected chi connectivity index (χ2v) is 9.57. The van der Waals surface area contributed by atoms with E-state index in [0.717, 1.165) is 31.1 Å². The van der Waals surface area contributed by atoms with Crippen LogP contribution in [0.2, 0.25) is 0 Å². The van der Waals surface area contributed by atoms with E-state index in [0.29, 0.717) is 29.9 Å². The Morgan fingerprint density at radius 3 is 2.39 bits per heavy atom. The van der Waals surface area contributed by atoms with Crippen LogP contribution in [-0.2, 0) is 21.4 Å². The molecule has 0 unspecified atom stereocenters. The molecular weight excluding hydrogens is 416 g/mol. The van der Waals surface area contributed by atoms with E-state index in [1.807, 2.05) is 18.2 Å². The van der Waals surface area contributed by atoms with E-state index in [1.165, 1.54) is 12.1 Å². The number of sulfonamides is 1. The number of hydrogen-bond acceptors (Lipinski definition) is 5. The normalized spacial score (nSPS) is 15.6. The predicted molar refractivity (Wildman–Crippen MR) is 119 cm³/mol. The molecule has 0 spiro atoms. The van der Waals surface area contributed by atoms with E-state index in [1.54, 1.807) is 29.6 Å². The minimum Gasteiger partial charge on any atom is -0.451 e. The number of ether oxygens (including phenoxy) is 1. The lowest BCUT2D eigenvalue weighted by Crippen LogP contribution is -2.31. The quantitative estimate of drug-likeness (QED) is 0.611. The van der Waals surface area contributed by atoms with Gasteiger partial charge in [0.2, 0.25) is 10.0 Å². The van der Waals surface area contributed by atoms with Gasteiger partial charge in [-0.05, 0) is 43.2 Å². The Labute approximate surface area is 182 Å². The Morgan fingerprint density at radius 2 is 1.71 bits per heavy atom. The Bertz CT molecular complexity index is 1160. The van der Waals surface area contributed by atoms with Gasteiger partial charge in [0.15, 0.2) is 5.76 Å². The number of fused-ring (bicyclic) bond motifs is 1. The van der Waals surface area contributed by atoms with Crippen LogP contribution >= 0.6 is 0 Å². The molecule has 0 aliphatic carbocycles. The van der Waals surface area contributed by atoms with Crippen molar-refractivity contribution in [1.29, 1.82) is 0 Å². The van der Waals surface area contributed by atoms with Crippen LogP contribution in [0.25, 0.3) is 11.0 Å². The molecule has 0 atom stereocenters. The number of nitrogens with one attached hydrogen (secondary N) is 1. The number of furan rings is 1. The summed E-state index contributed by atoms with van der Waals surface area (Å²) in [7, 11) is -1.97. The number of methoxy groups -OCH3 is 1. The highest BCUT2D eigenvalue weighted by Crippen LogP contribution is 2.28. The van der Waals surface area contributed by atoms with Crippen LogP contribution in [0.1, 0.15) is 41.8 Å². The fourth-order valence-corrected chi connectivity index (χ4v) is 5.42. The summed E-state index contributed by atoms with van der Waals surface area (Å²) in [6, 6.07) is 13.7. The molecule has 1 aromatic heterocycles. The van der Waals surface area contributed by atoms with Crippen LogP contribution in [0.4, 0.5) is 5.69 Å². The number of hydrogen-bond donors (Lipinski definition) is 1. The zero-order valence-corrected chi connectivity index (χ0v) is 18.3. The molecule has 0 radical (unpaired) electrons. The summed E-state index contributed by atoms with van der Waals surface area (Å²) < 4.78 is 38.4. The zero-order chi connectivity index (χ0) is 21.8. The fourth-order valence-electron chi connectivity index (χ4n) is 3.90. The molecule has 164 valence electrons. The van der Waals surface area contributed by atoms with Crippen LogP contribution in [-0.4, -0.2) is 38.8 Å². The summed E-state index contributed by atoms with van der Waals surface area (Å²) in [5, 5.41) is 3.62. The second-order valence-electron chi connectivity index (χ2n) is 7.64. The first-order valence-corrected chi connectivity index (χ1v) is 11.9. The maximum absolute atomic E-state index is 12.9. The molecule has 8 heteroatoms. The summed E-state index contributed by atoms with van der Waals surface area (Å²) in [6.45, 7) is 1.34. The fraction of sp³-hybridized carbons (Fsp3) is 0.348. The Hall–Kier alpha value is -2.68. The van der Waals surface area contributed by atoms with Crippen LogP contribution in [0.15, 0.2) is 57.8 Å². The number of carbonyl (C=O) groups is 1. The van der Waals surface area contributed by atoms with Crippen molar-refractivity contribution in [2.24, 2.45) is 0 Å². The highest BCUT2D eigenvalue weighted by Gasteiger charge is 2.25. The molecule has 1 aliphatic heterocycles.